The van der Waals surface area contributed by atoms with E-state index in [9.17, 15) is 4.79 Å². The maximum atomic E-state index is 12.9. The molecule has 3 aliphatic rings. The van der Waals surface area contributed by atoms with Gasteiger partial charge in [0, 0.05) is 37.9 Å². The van der Waals surface area contributed by atoms with Crippen LogP contribution < -0.4 is 4.90 Å². The maximum absolute atomic E-state index is 12.9. The molecule has 5 nitrogen and oxygen atoms in total. The predicted octanol–water partition coefficient (Wildman–Crippen LogP) is 3.50. The topological polar surface area (TPSA) is 41.4 Å². The van der Waals surface area contributed by atoms with Gasteiger partial charge >= 0.3 is 0 Å². The van der Waals surface area contributed by atoms with Crippen LogP contribution in [0.1, 0.15) is 38.3 Å². The van der Waals surface area contributed by atoms with Gasteiger partial charge in [0.1, 0.15) is 5.54 Å². The molecule has 0 bridgehead atoms. The van der Waals surface area contributed by atoms with Crippen LogP contribution in [0.2, 0.25) is 0 Å². The normalized spacial score (nSPS) is 23.9. The summed E-state index contributed by atoms with van der Waals surface area (Å²) in [6.07, 6.45) is 8.19. The van der Waals surface area contributed by atoms with E-state index >= 15 is 0 Å². The molecular weight excluding hydrogens is 336 g/mol. The second kappa shape index (κ2) is 5.98. The number of aromatic nitrogens is 2. The minimum Gasteiger partial charge on any atom is -0.351 e. The van der Waals surface area contributed by atoms with Crippen LogP contribution >= 0.6 is 0 Å². The SMILES string of the molecule is C=C(C)CN1c2cccnc2-n2cccc2[C@@]12CCN(C(=O)C1CCC1)C2. The summed E-state index contributed by atoms with van der Waals surface area (Å²) in [5.41, 5.74) is 3.27. The third-order valence-corrected chi connectivity index (χ3v) is 6.47. The molecule has 0 N–H and O–H groups in total. The highest BCUT2D eigenvalue weighted by Gasteiger charge is 2.51. The third-order valence-electron chi connectivity index (χ3n) is 6.47. The molecular formula is C22H26N4O. The van der Waals surface area contributed by atoms with E-state index < -0.39 is 0 Å². The Morgan fingerprint density at radius 2 is 2.19 bits per heavy atom. The molecule has 5 rings (SSSR count). The molecule has 140 valence electrons. The Hall–Kier alpha value is -2.56. The van der Waals surface area contributed by atoms with Gasteiger partial charge in [-0.1, -0.05) is 18.6 Å². The molecule has 1 atom stereocenters. The van der Waals surface area contributed by atoms with Crippen molar-refractivity contribution < 1.29 is 4.79 Å². The number of rotatable bonds is 3. The number of carbonyl (C=O) groups is 1. The van der Waals surface area contributed by atoms with Gasteiger partial charge in [0.2, 0.25) is 5.91 Å². The first-order valence-electron chi connectivity index (χ1n) is 9.94. The van der Waals surface area contributed by atoms with Crippen LogP contribution in [0.15, 0.2) is 48.8 Å². The van der Waals surface area contributed by atoms with E-state index in [-0.39, 0.29) is 11.5 Å². The zero-order chi connectivity index (χ0) is 18.6. The van der Waals surface area contributed by atoms with Crippen molar-refractivity contribution in [3.05, 3.63) is 54.5 Å². The fourth-order valence-corrected chi connectivity index (χ4v) is 4.93. The number of pyridine rings is 1. The van der Waals surface area contributed by atoms with Crippen molar-refractivity contribution in [3.8, 4) is 5.82 Å². The predicted molar refractivity (Wildman–Crippen MR) is 106 cm³/mol. The molecule has 2 aromatic rings. The van der Waals surface area contributed by atoms with Crippen molar-refractivity contribution in [2.75, 3.05) is 24.5 Å². The maximum Gasteiger partial charge on any atom is 0.225 e. The molecule has 2 fully saturated rings. The lowest BCUT2D eigenvalue weighted by molar-refractivity contribution is -0.137. The second-order valence-electron chi connectivity index (χ2n) is 8.32. The fraction of sp³-hybridized carbons (Fsp3) is 0.455. The smallest absolute Gasteiger partial charge is 0.225 e. The van der Waals surface area contributed by atoms with Gasteiger partial charge in [-0.3, -0.25) is 4.79 Å². The van der Waals surface area contributed by atoms with Crippen LogP contribution in [0.25, 0.3) is 5.82 Å². The number of carbonyl (C=O) groups excluding carboxylic acids is 1. The van der Waals surface area contributed by atoms with Gasteiger partial charge in [-0.25, -0.2) is 4.98 Å². The molecule has 2 aromatic heterocycles. The van der Waals surface area contributed by atoms with Crippen molar-refractivity contribution >= 4 is 11.6 Å². The molecule has 1 spiro atoms. The minimum absolute atomic E-state index is 0.210. The number of nitrogens with zero attached hydrogens (tertiary/aromatic N) is 4. The van der Waals surface area contributed by atoms with Crippen LogP contribution in [0, 0.1) is 5.92 Å². The van der Waals surface area contributed by atoms with Gasteiger partial charge in [0.15, 0.2) is 5.82 Å². The summed E-state index contributed by atoms with van der Waals surface area (Å²) in [4.78, 5) is 22.2. The zero-order valence-corrected chi connectivity index (χ0v) is 15.9. The molecule has 27 heavy (non-hydrogen) atoms. The molecule has 1 amide bonds. The number of fused-ring (bicyclic) bond motifs is 4. The first-order chi connectivity index (χ1) is 13.1. The fourth-order valence-electron chi connectivity index (χ4n) is 4.93. The lowest BCUT2D eigenvalue weighted by Crippen LogP contribution is -2.53. The van der Waals surface area contributed by atoms with Crippen molar-refractivity contribution in [2.45, 2.75) is 38.1 Å². The van der Waals surface area contributed by atoms with E-state index in [0.29, 0.717) is 5.91 Å². The molecule has 4 heterocycles. The van der Waals surface area contributed by atoms with Gasteiger partial charge in [-0.05, 0) is 50.5 Å². The Balaban J connectivity index is 1.60. The summed E-state index contributed by atoms with van der Waals surface area (Å²) in [5, 5.41) is 0. The van der Waals surface area contributed by atoms with Gasteiger partial charge < -0.3 is 14.4 Å². The Morgan fingerprint density at radius 3 is 2.93 bits per heavy atom. The minimum atomic E-state index is -0.210. The molecule has 0 unspecified atom stereocenters. The highest BCUT2D eigenvalue weighted by atomic mass is 16.2. The highest BCUT2D eigenvalue weighted by molar-refractivity contribution is 5.80. The molecule has 1 saturated carbocycles. The van der Waals surface area contributed by atoms with E-state index in [1.807, 2.05) is 12.3 Å². The highest BCUT2D eigenvalue weighted by Crippen LogP contribution is 2.47. The van der Waals surface area contributed by atoms with Crippen LogP contribution in [0.3, 0.4) is 0 Å². The monoisotopic (exact) mass is 362 g/mol. The average Bonchev–Trinajstić information content (AvgIpc) is 3.25. The summed E-state index contributed by atoms with van der Waals surface area (Å²) in [5.74, 6) is 1.57. The number of hydrogen-bond donors (Lipinski definition) is 0. The van der Waals surface area contributed by atoms with Crippen LogP contribution in [-0.4, -0.2) is 40.0 Å². The van der Waals surface area contributed by atoms with Crippen molar-refractivity contribution in [2.24, 2.45) is 5.92 Å². The quantitative estimate of drug-likeness (QED) is 0.785. The summed E-state index contributed by atoms with van der Waals surface area (Å²) in [6, 6.07) is 8.43. The molecule has 1 aliphatic carbocycles. The van der Waals surface area contributed by atoms with Gasteiger partial charge in [-0.15, -0.1) is 0 Å². The van der Waals surface area contributed by atoms with Crippen molar-refractivity contribution in [3.63, 3.8) is 0 Å². The van der Waals surface area contributed by atoms with Crippen LogP contribution in [0.4, 0.5) is 5.69 Å². The summed E-state index contributed by atoms with van der Waals surface area (Å²) in [7, 11) is 0. The first kappa shape index (κ1) is 16.6. The Labute approximate surface area is 160 Å². The van der Waals surface area contributed by atoms with E-state index in [2.05, 4.69) is 57.2 Å². The van der Waals surface area contributed by atoms with Crippen molar-refractivity contribution in [1.29, 1.82) is 0 Å². The van der Waals surface area contributed by atoms with Gasteiger partial charge in [-0.2, -0.15) is 0 Å². The Bertz CT molecular complexity index is 913. The summed E-state index contributed by atoms with van der Waals surface area (Å²) in [6.45, 7) is 8.59. The van der Waals surface area contributed by atoms with Crippen LogP contribution in [0.5, 0.6) is 0 Å². The second-order valence-corrected chi connectivity index (χ2v) is 8.32. The third kappa shape index (κ3) is 2.37. The largest absolute Gasteiger partial charge is 0.351 e. The van der Waals surface area contributed by atoms with Gasteiger partial charge in [0.05, 0.1) is 11.4 Å². The lowest BCUT2D eigenvalue weighted by Gasteiger charge is -2.47. The average molecular weight is 362 g/mol. The van der Waals surface area contributed by atoms with Gasteiger partial charge in [0.25, 0.3) is 0 Å². The standard InChI is InChI=1S/C22H26N4O/c1-16(2)14-26-18-8-4-11-23-20(18)25-12-5-9-19(25)22(26)10-13-24(15-22)21(27)17-6-3-7-17/h4-5,8-9,11-12,17H,1,3,6-7,10,13-15H2,2H3/t22-/m0/s1. The summed E-state index contributed by atoms with van der Waals surface area (Å²) >= 11 is 0. The van der Waals surface area contributed by atoms with Crippen molar-refractivity contribution in [1.82, 2.24) is 14.5 Å². The molecule has 0 radical (unpaired) electrons. The van der Waals surface area contributed by atoms with E-state index in [0.717, 1.165) is 56.0 Å². The number of anilines is 1. The molecule has 1 saturated heterocycles. The molecule has 5 heteroatoms. The zero-order valence-electron chi connectivity index (χ0n) is 15.9. The first-order valence-corrected chi connectivity index (χ1v) is 9.94. The molecule has 2 aliphatic heterocycles. The van der Waals surface area contributed by atoms with Crippen LogP contribution in [-0.2, 0) is 10.3 Å². The van der Waals surface area contributed by atoms with E-state index in [1.165, 1.54) is 12.1 Å². The number of likely N-dealkylation sites (tertiary alicyclic amines) is 1. The lowest BCUT2D eigenvalue weighted by atomic mass is 9.84. The Morgan fingerprint density at radius 1 is 1.33 bits per heavy atom. The van der Waals surface area contributed by atoms with E-state index in [4.69, 9.17) is 0 Å². The summed E-state index contributed by atoms with van der Waals surface area (Å²) < 4.78 is 2.21. The molecule has 0 aromatic carbocycles. The van der Waals surface area contributed by atoms with E-state index in [1.54, 1.807) is 0 Å². The number of hydrogen-bond acceptors (Lipinski definition) is 3. The Kier molecular flexibility index (Phi) is 3.67. The number of amides is 1.